The molecule has 0 aromatic heterocycles. The summed E-state index contributed by atoms with van der Waals surface area (Å²) in [7, 11) is 5.99. The van der Waals surface area contributed by atoms with Gasteiger partial charge in [0.15, 0.2) is 11.5 Å². The van der Waals surface area contributed by atoms with Gasteiger partial charge >= 0.3 is 0 Å². The SMILES string of the molecule is COC1=CC=C(C(=O)c2ccccc2)C(OC)C1(OC)OC. The van der Waals surface area contributed by atoms with E-state index < -0.39 is 11.9 Å². The minimum absolute atomic E-state index is 0.141. The highest BCUT2D eigenvalue weighted by atomic mass is 16.7. The van der Waals surface area contributed by atoms with Gasteiger partial charge in [-0.25, -0.2) is 0 Å². The molecule has 1 atom stereocenters. The summed E-state index contributed by atoms with van der Waals surface area (Å²) in [5.41, 5.74) is 1.02. The molecule has 118 valence electrons. The molecule has 0 saturated heterocycles. The minimum atomic E-state index is -1.29. The molecule has 0 amide bonds. The van der Waals surface area contributed by atoms with E-state index in [1.54, 1.807) is 24.3 Å². The smallest absolute Gasteiger partial charge is 0.258 e. The van der Waals surface area contributed by atoms with Gasteiger partial charge in [0.25, 0.3) is 5.79 Å². The van der Waals surface area contributed by atoms with Gasteiger partial charge in [-0.05, 0) is 12.2 Å². The van der Waals surface area contributed by atoms with E-state index in [1.807, 2.05) is 18.2 Å². The first kappa shape index (κ1) is 16.4. The maximum absolute atomic E-state index is 12.8. The summed E-state index contributed by atoms with van der Waals surface area (Å²) in [5, 5.41) is 0. The molecule has 0 bridgehead atoms. The highest BCUT2D eigenvalue weighted by molar-refractivity contribution is 6.09. The lowest BCUT2D eigenvalue weighted by Gasteiger charge is -2.40. The highest BCUT2D eigenvalue weighted by Gasteiger charge is 2.50. The number of hydrogen-bond donors (Lipinski definition) is 0. The summed E-state index contributed by atoms with van der Waals surface area (Å²) in [5.74, 6) is -0.996. The van der Waals surface area contributed by atoms with Crippen molar-refractivity contribution < 1.29 is 23.7 Å². The van der Waals surface area contributed by atoms with Crippen molar-refractivity contribution in [2.24, 2.45) is 0 Å². The predicted molar refractivity (Wildman–Crippen MR) is 81.5 cm³/mol. The Morgan fingerprint density at radius 2 is 1.64 bits per heavy atom. The van der Waals surface area contributed by atoms with Crippen LogP contribution in [0.25, 0.3) is 0 Å². The second-order valence-corrected chi connectivity index (χ2v) is 4.74. The molecule has 0 saturated carbocycles. The zero-order valence-electron chi connectivity index (χ0n) is 13.2. The first-order valence-corrected chi connectivity index (χ1v) is 6.83. The van der Waals surface area contributed by atoms with E-state index in [9.17, 15) is 4.79 Å². The van der Waals surface area contributed by atoms with E-state index in [0.717, 1.165) is 0 Å². The minimum Gasteiger partial charge on any atom is -0.495 e. The Bertz CT molecular complexity index is 584. The van der Waals surface area contributed by atoms with Crippen LogP contribution in [-0.2, 0) is 18.9 Å². The number of ketones is 1. The maximum atomic E-state index is 12.8. The summed E-state index contributed by atoms with van der Waals surface area (Å²) in [4.78, 5) is 12.8. The van der Waals surface area contributed by atoms with Crippen molar-refractivity contribution in [1.82, 2.24) is 0 Å². The molecule has 2 rings (SSSR count). The third kappa shape index (κ3) is 2.59. The summed E-state index contributed by atoms with van der Waals surface area (Å²) in [6.45, 7) is 0. The lowest BCUT2D eigenvalue weighted by molar-refractivity contribution is -0.248. The molecular weight excluding hydrogens is 284 g/mol. The molecule has 0 heterocycles. The number of ether oxygens (including phenoxy) is 4. The maximum Gasteiger partial charge on any atom is 0.258 e. The molecule has 1 aliphatic rings. The van der Waals surface area contributed by atoms with Gasteiger partial charge in [0.05, 0.1) is 7.11 Å². The van der Waals surface area contributed by atoms with E-state index in [1.165, 1.54) is 28.4 Å². The topological polar surface area (TPSA) is 54.0 Å². The van der Waals surface area contributed by atoms with Crippen molar-refractivity contribution >= 4 is 5.78 Å². The van der Waals surface area contributed by atoms with Crippen LogP contribution in [0.1, 0.15) is 10.4 Å². The molecule has 1 aromatic rings. The normalized spacial score (nSPS) is 20.1. The first-order chi connectivity index (χ1) is 10.6. The van der Waals surface area contributed by atoms with Crippen molar-refractivity contribution in [3.8, 4) is 0 Å². The fourth-order valence-electron chi connectivity index (χ4n) is 2.64. The molecule has 0 aliphatic heterocycles. The highest BCUT2D eigenvalue weighted by Crippen LogP contribution is 2.37. The molecule has 1 unspecified atom stereocenters. The van der Waals surface area contributed by atoms with Crippen molar-refractivity contribution in [2.45, 2.75) is 11.9 Å². The lowest BCUT2D eigenvalue weighted by atomic mass is 9.88. The molecular formula is C17H20O5. The summed E-state index contributed by atoms with van der Waals surface area (Å²) in [6, 6.07) is 9.00. The number of allylic oxidation sites excluding steroid dienone is 2. The Labute approximate surface area is 130 Å². The molecule has 0 radical (unpaired) electrons. The number of hydrogen-bond acceptors (Lipinski definition) is 5. The quantitative estimate of drug-likeness (QED) is 0.596. The molecule has 22 heavy (non-hydrogen) atoms. The Hall–Kier alpha value is -1.95. The number of methoxy groups -OCH3 is 4. The van der Waals surface area contributed by atoms with Gasteiger partial charge in [0.1, 0.15) is 6.10 Å². The van der Waals surface area contributed by atoms with Crippen molar-refractivity contribution in [1.29, 1.82) is 0 Å². The fraction of sp³-hybridized carbons (Fsp3) is 0.353. The average molecular weight is 304 g/mol. The molecule has 5 nitrogen and oxygen atoms in total. The molecule has 0 fully saturated rings. The van der Waals surface area contributed by atoms with Crippen LogP contribution in [0.3, 0.4) is 0 Å². The van der Waals surface area contributed by atoms with Crippen LogP contribution < -0.4 is 0 Å². The number of benzene rings is 1. The monoisotopic (exact) mass is 304 g/mol. The predicted octanol–water partition coefficient (Wildman–Crippen LogP) is 2.34. The van der Waals surface area contributed by atoms with Gasteiger partial charge in [-0.15, -0.1) is 0 Å². The van der Waals surface area contributed by atoms with Crippen LogP contribution in [-0.4, -0.2) is 46.1 Å². The Balaban J connectivity index is 2.49. The Morgan fingerprint density at radius 3 is 2.14 bits per heavy atom. The standard InChI is InChI=1S/C17H20O5/c1-19-14-11-10-13(15(18)12-8-6-5-7-9-12)16(20-2)17(14,21-3)22-4/h5-11,16H,1-4H3. The lowest BCUT2D eigenvalue weighted by Crippen LogP contribution is -2.52. The average Bonchev–Trinajstić information content (AvgIpc) is 2.60. The molecule has 0 N–H and O–H groups in total. The van der Waals surface area contributed by atoms with Crippen LogP contribution in [0.2, 0.25) is 0 Å². The van der Waals surface area contributed by atoms with Crippen LogP contribution in [0, 0.1) is 0 Å². The zero-order valence-corrected chi connectivity index (χ0v) is 13.2. The van der Waals surface area contributed by atoms with E-state index >= 15 is 0 Å². The van der Waals surface area contributed by atoms with Gasteiger partial charge < -0.3 is 18.9 Å². The first-order valence-electron chi connectivity index (χ1n) is 6.83. The summed E-state index contributed by atoms with van der Waals surface area (Å²) < 4.78 is 21.9. The van der Waals surface area contributed by atoms with Crippen molar-refractivity contribution in [3.63, 3.8) is 0 Å². The molecule has 1 aliphatic carbocycles. The molecule has 1 aromatic carbocycles. The largest absolute Gasteiger partial charge is 0.495 e. The van der Waals surface area contributed by atoms with E-state index in [0.29, 0.717) is 16.9 Å². The third-order valence-corrected chi connectivity index (χ3v) is 3.75. The van der Waals surface area contributed by atoms with Crippen LogP contribution >= 0.6 is 0 Å². The van der Waals surface area contributed by atoms with E-state index in [2.05, 4.69) is 0 Å². The van der Waals surface area contributed by atoms with Gasteiger partial charge in [-0.3, -0.25) is 4.79 Å². The van der Waals surface area contributed by atoms with Gasteiger partial charge in [0, 0.05) is 32.5 Å². The number of carbonyl (C=O) groups is 1. The van der Waals surface area contributed by atoms with Crippen molar-refractivity contribution in [3.05, 3.63) is 59.4 Å². The number of Topliss-reactive ketones (excluding diaryl/α,β-unsaturated/α-hetero) is 1. The number of rotatable bonds is 6. The van der Waals surface area contributed by atoms with Crippen LogP contribution in [0.4, 0.5) is 0 Å². The summed E-state index contributed by atoms with van der Waals surface area (Å²) in [6.07, 6.45) is 2.60. The Morgan fingerprint density at radius 1 is 1.00 bits per heavy atom. The van der Waals surface area contributed by atoms with E-state index in [4.69, 9.17) is 18.9 Å². The fourth-order valence-corrected chi connectivity index (χ4v) is 2.64. The third-order valence-electron chi connectivity index (χ3n) is 3.75. The zero-order chi connectivity index (χ0) is 16.2. The summed E-state index contributed by atoms with van der Waals surface area (Å²) >= 11 is 0. The van der Waals surface area contributed by atoms with Crippen LogP contribution in [0.5, 0.6) is 0 Å². The van der Waals surface area contributed by atoms with Gasteiger partial charge in [-0.2, -0.15) is 0 Å². The van der Waals surface area contributed by atoms with E-state index in [-0.39, 0.29) is 5.78 Å². The van der Waals surface area contributed by atoms with Crippen molar-refractivity contribution in [2.75, 3.05) is 28.4 Å². The van der Waals surface area contributed by atoms with Crippen LogP contribution in [0.15, 0.2) is 53.8 Å². The molecule has 0 spiro atoms. The number of carbonyl (C=O) groups excluding carboxylic acids is 1. The Kier molecular flexibility index (Phi) is 5.13. The van der Waals surface area contributed by atoms with Gasteiger partial charge in [0.2, 0.25) is 0 Å². The second-order valence-electron chi connectivity index (χ2n) is 4.74. The molecule has 5 heteroatoms. The second kappa shape index (κ2) is 6.87. The van der Waals surface area contributed by atoms with Gasteiger partial charge in [-0.1, -0.05) is 30.3 Å².